The first-order chi connectivity index (χ1) is 7.57. The van der Waals surface area contributed by atoms with E-state index in [1.54, 1.807) is 0 Å². The number of alkyl halides is 3. The second-order valence-electron chi connectivity index (χ2n) is 3.37. The first-order valence-corrected chi connectivity index (χ1v) is 5.65. The molecule has 0 nitrogen and oxygen atoms in total. The van der Waals surface area contributed by atoms with Crippen molar-refractivity contribution in [2.45, 2.75) is 12.6 Å². The van der Waals surface area contributed by atoms with E-state index in [9.17, 15) is 13.2 Å². The van der Waals surface area contributed by atoms with Crippen LogP contribution in [-0.2, 0) is 6.18 Å². The molecule has 0 amide bonds. The third-order valence-electron chi connectivity index (χ3n) is 2.23. The summed E-state index contributed by atoms with van der Waals surface area (Å²) in [5.74, 6) is 0. The van der Waals surface area contributed by atoms with Crippen molar-refractivity contribution in [1.82, 2.24) is 0 Å². The fourth-order valence-electron chi connectivity index (χ4n) is 1.41. The van der Waals surface area contributed by atoms with Gasteiger partial charge in [-0.05, 0) is 29.5 Å². The molecule has 0 spiro atoms. The molecule has 84 valence electrons. The van der Waals surface area contributed by atoms with Crippen molar-refractivity contribution in [3.63, 3.8) is 0 Å². The second-order valence-corrected chi connectivity index (χ2v) is 4.32. The van der Waals surface area contributed by atoms with Crippen LogP contribution >= 0.6 is 11.8 Å². The number of hydrogen-bond acceptors (Lipinski definition) is 1. The van der Waals surface area contributed by atoms with Crippen LogP contribution in [-0.4, -0.2) is 0 Å². The van der Waals surface area contributed by atoms with Crippen molar-refractivity contribution in [2.24, 2.45) is 0 Å². The van der Waals surface area contributed by atoms with Gasteiger partial charge < -0.3 is 0 Å². The van der Waals surface area contributed by atoms with Crippen molar-refractivity contribution >= 4 is 16.7 Å². The zero-order chi connectivity index (χ0) is 11.6. The average Bonchev–Trinajstić information content (AvgIpc) is 2.29. The Balaban J connectivity index is 2.23. The van der Waals surface area contributed by atoms with E-state index in [0.717, 1.165) is 29.0 Å². The average molecular weight is 242 g/mol. The molecule has 0 N–H and O–H groups in total. The van der Waals surface area contributed by atoms with Crippen molar-refractivity contribution in [1.29, 1.82) is 0 Å². The summed E-state index contributed by atoms with van der Waals surface area (Å²) in [6.45, 7) is 0. The van der Waals surface area contributed by atoms with E-state index in [4.69, 9.17) is 0 Å². The molecule has 0 unspecified atom stereocenters. The molecule has 1 heterocycles. The van der Waals surface area contributed by atoms with Crippen LogP contribution in [0.15, 0.2) is 41.8 Å². The first kappa shape index (κ1) is 11.3. The molecule has 0 aliphatic carbocycles. The minimum absolute atomic E-state index is 0.604. The monoisotopic (exact) mass is 242 g/mol. The van der Waals surface area contributed by atoms with E-state index in [0.29, 0.717) is 0 Å². The van der Waals surface area contributed by atoms with Gasteiger partial charge in [0.15, 0.2) is 0 Å². The van der Waals surface area contributed by atoms with Crippen LogP contribution < -0.4 is 0 Å². The van der Waals surface area contributed by atoms with Gasteiger partial charge in [0, 0.05) is 4.91 Å². The quantitative estimate of drug-likeness (QED) is 0.688. The minimum atomic E-state index is -4.26. The van der Waals surface area contributed by atoms with E-state index < -0.39 is 11.7 Å². The molecule has 1 aromatic rings. The standard InChI is InChI=1S/C12H9F3S/c13-12(14,15)10-6-4-9(5-7-10)11-3-1-2-8-16-11/h2-8H,1H2. The van der Waals surface area contributed by atoms with Gasteiger partial charge in [-0.2, -0.15) is 13.2 Å². The number of hydrogen-bond donors (Lipinski definition) is 0. The van der Waals surface area contributed by atoms with Crippen LogP contribution in [0.2, 0.25) is 0 Å². The Labute approximate surface area is 95.9 Å². The molecule has 0 fully saturated rings. The van der Waals surface area contributed by atoms with Crippen LogP contribution in [0.1, 0.15) is 17.5 Å². The maximum atomic E-state index is 12.3. The van der Waals surface area contributed by atoms with E-state index in [-0.39, 0.29) is 0 Å². The third-order valence-corrected chi connectivity index (χ3v) is 3.21. The van der Waals surface area contributed by atoms with Gasteiger partial charge in [-0.1, -0.05) is 36.0 Å². The van der Waals surface area contributed by atoms with E-state index >= 15 is 0 Å². The number of benzene rings is 1. The summed E-state index contributed by atoms with van der Waals surface area (Å²) >= 11 is 1.53. The highest BCUT2D eigenvalue weighted by molar-refractivity contribution is 8.11. The summed E-state index contributed by atoms with van der Waals surface area (Å²) in [6.07, 6.45) is 0.599. The van der Waals surface area contributed by atoms with Gasteiger partial charge in [-0.25, -0.2) is 0 Å². The normalized spacial score (nSPS) is 16.1. The lowest BCUT2D eigenvalue weighted by Gasteiger charge is -2.10. The molecule has 0 bridgehead atoms. The molecule has 0 saturated carbocycles. The van der Waals surface area contributed by atoms with Gasteiger partial charge >= 0.3 is 6.18 Å². The van der Waals surface area contributed by atoms with Crippen molar-refractivity contribution in [3.8, 4) is 0 Å². The summed E-state index contributed by atoms with van der Waals surface area (Å²) in [5, 5.41) is 1.95. The number of rotatable bonds is 1. The lowest BCUT2D eigenvalue weighted by Crippen LogP contribution is -2.04. The predicted molar refractivity (Wildman–Crippen MR) is 60.8 cm³/mol. The molecule has 0 saturated heterocycles. The molecule has 1 aromatic carbocycles. The fraction of sp³-hybridized carbons (Fsp3) is 0.167. The van der Waals surface area contributed by atoms with Gasteiger partial charge in [0.25, 0.3) is 0 Å². The zero-order valence-corrected chi connectivity index (χ0v) is 9.11. The zero-order valence-electron chi connectivity index (χ0n) is 8.29. The van der Waals surface area contributed by atoms with E-state index in [2.05, 4.69) is 0 Å². The molecule has 16 heavy (non-hydrogen) atoms. The third kappa shape index (κ3) is 2.50. The summed E-state index contributed by atoms with van der Waals surface area (Å²) in [6, 6.07) is 5.27. The Bertz CT molecular complexity index is 427. The van der Waals surface area contributed by atoms with Crippen LogP contribution in [0.3, 0.4) is 0 Å². The Kier molecular flexibility index (Phi) is 3.10. The van der Waals surface area contributed by atoms with Crippen molar-refractivity contribution in [3.05, 3.63) is 53.0 Å². The van der Waals surface area contributed by atoms with Gasteiger partial charge in [0.1, 0.15) is 0 Å². The molecule has 0 radical (unpaired) electrons. The predicted octanol–water partition coefficient (Wildman–Crippen LogP) is 4.70. The Morgan fingerprint density at radius 2 is 1.75 bits per heavy atom. The van der Waals surface area contributed by atoms with Crippen LogP contribution in [0, 0.1) is 0 Å². The maximum Gasteiger partial charge on any atom is 0.416 e. The lowest BCUT2D eigenvalue weighted by molar-refractivity contribution is -0.137. The van der Waals surface area contributed by atoms with Gasteiger partial charge in [-0.15, -0.1) is 0 Å². The smallest absolute Gasteiger partial charge is 0.166 e. The minimum Gasteiger partial charge on any atom is -0.166 e. The SMILES string of the molecule is FC(F)(F)c1ccc(C2=CCC=CS2)cc1. The van der Waals surface area contributed by atoms with Crippen molar-refractivity contribution in [2.75, 3.05) is 0 Å². The molecule has 1 aliphatic rings. The summed E-state index contributed by atoms with van der Waals surface area (Å²) in [4.78, 5) is 1.01. The highest BCUT2D eigenvalue weighted by Gasteiger charge is 2.29. The van der Waals surface area contributed by atoms with Crippen LogP contribution in [0.5, 0.6) is 0 Å². The Hall–Kier alpha value is -1.16. The Morgan fingerprint density at radius 1 is 1.06 bits per heavy atom. The molecule has 4 heteroatoms. The Morgan fingerprint density at radius 3 is 2.25 bits per heavy atom. The van der Waals surface area contributed by atoms with Crippen molar-refractivity contribution < 1.29 is 13.2 Å². The first-order valence-electron chi connectivity index (χ1n) is 4.77. The van der Waals surface area contributed by atoms with E-state index in [1.807, 2.05) is 17.6 Å². The number of allylic oxidation sites excluding steroid dienone is 2. The van der Waals surface area contributed by atoms with E-state index in [1.165, 1.54) is 23.9 Å². The molecular formula is C12H9F3S. The van der Waals surface area contributed by atoms with Gasteiger partial charge in [0.2, 0.25) is 0 Å². The molecular weight excluding hydrogens is 233 g/mol. The lowest BCUT2D eigenvalue weighted by atomic mass is 10.1. The van der Waals surface area contributed by atoms with Crippen LogP contribution in [0.4, 0.5) is 13.2 Å². The highest BCUT2D eigenvalue weighted by atomic mass is 32.2. The molecule has 0 atom stereocenters. The summed E-state index contributed by atoms with van der Waals surface area (Å²) in [5.41, 5.74) is 0.232. The van der Waals surface area contributed by atoms with Gasteiger partial charge in [-0.3, -0.25) is 0 Å². The highest BCUT2D eigenvalue weighted by Crippen LogP contribution is 2.34. The second kappa shape index (κ2) is 4.37. The summed E-state index contributed by atoms with van der Waals surface area (Å²) in [7, 11) is 0. The number of thioether (sulfide) groups is 1. The molecule has 2 rings (SSSR count). The number of halogens is 3. The maximum absolute atomic E-state index is 12.3. The topological polar surface area (TPSA) is 0 Å². The summed E-state index contributed by atoms with van der Waals surface area (Å²) < 4.78 is 37.0. The van der Waals surface area contributed by atoms with Crippen LogP contribution in [0.25, 0.3) is 4.91 Å². The molecule has 1 aliphatic heterocycles. The largest absolute Gasteiger partial charge is 0.416 e. The molecule has 0 aromatic heterocycles. The fourth-order valence-corrected chi connectivity index (χ4v) is 2.23. The van der Waals surface area contributed by atoms with Gasteiger partial charge in [0.05, 0.1) is 5.56 Å².